The fourth-order valence-electron chi connectivity index (χ4n) is 2.56. The molecule has 3 heteroatoms. The maximum absolute atomic E-state index is 5.86. The fourth-order valence-corrected chi connectivity index (χ4v) is 2.81. The molecular formula is C15H20NOP. The summed E-state index contributed by atoms with van der Waals surface area (Å²) in [5, 5.41) is 0. The molecule has 1 fully saturated rings. The third-order valence-electron chi connectivity index (χ3n) is 3.55. The maximum atomic E-state index is 5.86. The van der Waals surface area contributed by atoms with Gasteiger partial charge in [0.2, 0.25) is 0 Å². The van der Waals surface area contributed by atoms with Gasteiger partial charge in [0.15, 0.2) is 0 Å². The minimum absolute atomic E-state index is 0.0881. The third kappa shape index (κ3) is 2.44. The summed E-state index contributed by atoms with van der Waals surface area (Å²) in [4.78, 5) is 0. The third-order valence-corrected chi connectivity index (χ3v) is 3.98. The van der Waals surface area contributed by atoms with Gasteiger partial charge in [-0.1, -0.05) is 37.5 Å². The molecule has 1 spiro atoms. The van der Waals surface area contributed by atoms with Gasteiger partial charge < -0.3 is 9.41 Å². The second-order valence-corrected chi connectivity index (χ2v) is 5.39. The Bertz CT molecular complexity index is 436. The number of hydrogen-bond donors (Lipinski definition) is 0. The molecule has 2 unspecified atom stereocenters. The molecule has 2 heterocycles. The minimum Gasteiger partial charge on any atom is -0.492 e. The molecule has 0 N–H and O–H groups in total. The predicted octanol–water partition coefficient (Wildman–Crippen LogP) is 3.58. The second kappa shape index (κ2) is 5.58. The Morgan fingerprint density at radius 3 is 2.83 bits per heavy atom. The van der Waals surface area contributed by atoms with Crippen LogP contribution in [0.15, 0.2) is 61.1 Å². The molecule has 0 bridgehead atoms. The highest BCUT2D eigenvalue weighted by Gasteiger charge is 2.42. The lowest BCUT2D eigenvalue weighted by molar-refractivity contribution is 0.180. The van der Waals surface area contributed by atoms with E-state index in [-0.39, 0.29) is 5.41 Å². The zero-order chi connectivity index (χ0) is 13.0. The lowest BCUT2D eigenvalue weighted by atomic mass is 9.76. The number of rotatable bonds is 2. The molecule has 0 aromatic carbocycles. The highest BCUT2D eigenvalue weighted by molar-refractivity contribution is 7.13. The highest BCUT2D eigenvalue weighted by Crippen LogP contribution is 2.47. The van der Waals surface area contributed by atoms with Crippen molar-refractivity contribution < 1.29 is 4.74 Å². The summed E-state index contributed by atoms with van der Waals surface area (Å²) in [6.07, 6.45) is 14.1. The van der Waals surface area contributed by atoms with E-state index in [1.54, 1.807) is 6.08 Å². The van der Waals surface area contributed by atoms with E-state index in [0.29, 0.717) is 0 Å². The molecule has 2 nitrogen and oxygen atoms in total. The van der Waals surface area contributed by atoms with Crippen LogP contribution in [0.2, 0.25) is 0 Å². The summed E-state index contributed by atoms with van der Waals surface area (Å²) >= 11 is 0. The van der Waals surface area contributed by atoms with Crippen molar-refractivity contribution in [1.29, 1.82) is 0 Å². The van der Waals surface area contributed by atoms with Crippen LogP contribution in [0.25, 0.3) is 0 Å². The van der Waals surface area contributed by atoms with Gasteiger partial charge in [-0.05, 0) is 34.5 Å². The van der Waals surface area contributed by atoms with Crippen molar-refractivity contribution in [2.45, 2.75) is 12.8 Å². The van der Waals surface area contributed by atoms with E-state index in [2.05, 4.69) is 45.6 Å². The van der Waals surface area contributed by atoms with E-state index in [1.807, 2.05) is 12.2 Å². The predicted molar refractivity (Wildman–Crippen MR) is 79.7 cm³/mol. The Morgan fingerprint density at radius 1 is 1.33 bits per heavy atom. The van der Waals surface area contributed by atoms with Gasteiger partial charge in [-0.15, -0.1) is 0 Å². The lowest BCUT2D eigenvalue weighted by Crippen LogP contribution is -2.24. The van der Waals surface area contributed by atoms with Crippen LogP contribution >= 0.6 is 9.39 Å². The van der Waals surface area contributed by atoms with Crippen molar-refractivity contribution in [1.82, 2.24) is 4.67 Å². The van der Waals surface area contributed by atoms with Crippen molar-refractivity contribution in [2.24, 2.45) is 5.41 Å². The minimum atomic E-state index is 0.0881. The van der Waals surface area contributed by atoms with Gasteiger partial charge >= 0.3 is 0 Å². The number of hydrogen-bond acceptors (Lipinski definition) is 2. The monoisotopic (exact) mass is 261 g/mol. The van der Waals surface area contributed by atoms with Crippen molar-refractivity contribution in [3.63, 3.8) is 0 Å². The van der Waals surface area contributed by atoms with E-state index >= 15 is 0 Å². The van der Waals surface area contributed by atoms with Crippen LogP contribution in [0.1, 0.15) is 12.8 Å². The van der Waals surface area contributed by atoms with E-state index < -0.39 is 0 Å². The molecule has 18 heavy (non-hydrogen) atoms. The van der Waals surface area contributed by atoms with Crippen LogP contribution in [0, 0.1) is 5.41 Å². The number of ether oxygens (including phenoxy) is 1. The molecule has 0 saturated carbocycles. The molecule has 0 radical (unpaired) electrons. The largest absolute Gasteiger partial charge is 0.492 e. The Balaban J connectivity index is 2.35. The van der Waals surface area contributed by atoms with Crippen LogP contribution in [-0.4, -0.2) is 17.8 Å². The Kier molecular flexibility index (Phi) is 4.08. The molecule has 0 aromatic rings. The van der Waals surface area contributed by atoms with Crippen LogP contribution in [0.5, 0.6) is 0 Å². The normalized spacial score (nSPS) is 31.7. The topological polar surface area (TPSA) is 12.5 Å². The molecular weight excluding hydrogens is 241 g/mol. The zero-order valence-electron chi connectivity index (χ0n) is 10.6. The van der Waals surface area contributed by atoms with Crippen LogP contribution in [0.3, 0.4) is 0 Å². The van der Waals surface area contributed by atoms with Gasteiger partial charge in [0.25, 0.3) is 0 Å². The first-order valence-corrected chi connectivity index (χ1v) is 6.70. The second-order valence-electron chi connectivity index (χ2n) is 4.73. The summed E-state index contributed by atoms with van der Waals surface area (Å²) in [5.41, 5.74) is 1.34. The molecule has 0 aromatic heterocycles. The lowest BCUT2D eigenvalue weighted by Gasteiger charge is -2.26. The quantitative estimate of drug-likeness (QED) is 0.704. The fraction of sp³-hybridized carbons (Fsp3) is 0.333. The average molecular weight is 261 g/mol. The maximum Gasteiger partial charge on any atom is 0.123 e. The van der Waals surface area contributed by atoms with Crippen molar-refractivity contribution in [3.8, 4) is 0 Å². The summed E-state index contributed by atoms with van der Waals surface area (Å²) in [6, 6.07) is 0. The van der Waals surface area contributed by atoms with E-state index in [1.165, 1.54) is 5.57 Å². The first-order chi connectivity index (χ1) is 8.72. The smallest absolute Gasteiger partial charge is 0.123 e. The summed E-state index contributed by atoms with van der Waals surface area (Å²) in [5.74, 6) is 0.940. The van der Waals surface area contributed by atoms with E-state index in [4.69, 9.17) is 4.74 Å². The molecule has 0 amide bonds. The van der Waals surface area contributed by atoms with Gasteiger partial charge in [0, 0.05) is 17.5 Å². The van der Waals surface area contributed by atoms with Gasteiger partial charge in [-0.3, -0.25) is 0 Å². The zero-order valence-corrected chi connectivity index (χ0v) is 11.8. The van der Waals surface area contributed by atoms with Crippen LogP contribution in [0.4, 0.5) is 0 Å². The van der Waals surface area contributed by atoms with Crippen molar-refractivity contribution >= 4 is 9.39 Å². The van der Waals surface area contributed by atoms with Gasteiger partial charge in [-0.2, -0.15) is 0 Å². The Labute approximate surface area is 112 Å². The van der Waals surface area contributed by atoms with Crippen LogP contribution in [-0.2, 0) is 4.74 Å². The average Bonchev–Trinajstić information content (AvgIpc) is 2.56. The SMILES string of the molecule is C=CC=C1/C(=C\C=C)OCC12CC=CN(P)CC2. The van der Waals surface area contributed by atoms with E-state index in [0.717, 1.165) is 31.8 Å². The van der Waals surface area contributed by atoms with Crippen molar-refractivity contribution in [3.05, 3.63) is 61.1 Å². The molecule has 2 aliphatic rings. The van der Waals surface area contributed by atoms with Crippen LogP contribution < -0.4 is 0 Å². The summed E-state index contributed by atoms with van der Waals surface area (Å²) in [7, 11) is 2.73. The van der Waals surface area contributed by atoms with E-state index in [9.17, 15) is 0 Å². The molecule has 0 aliphatic carbocycles. The molecule has 96 valence electrons. The number of allylic oxidation sites excluding steroid dienone is 6. The highest BCUT2D eigenvalue weighted by atomic mass is 31.0. The van der Waals surface area contributed by atoms with Gasteiger partial charge in [0.05, 0.1) is 6.61 Å². The standard InChI is InChI=1S/C15H20NOP/c1-3-6-13-14(7-4-2)17-12-15(13)8-5-10-16(18)11-9-15/h3-7,10H,1-2,8-9,11-12,18H2/b13-6?,14-7+. The first kappa shape index (κ1) is 13.2. The summed E-state index contributed by atoms with van der Waals surface area (Å²) < 4.78 is 8.01. The molecule has 1 saturated heterocycles. The molecule has 2 atom stereocenters. The Morgan fingerprint density at radius 2 is 2.11 bits per heavy atom. The summed E-state index contributed by atoms with van der Waals surface area (Å²) in [6.45, 7) is 9.32. The first-order valence-electron chi connectivity index (χ1n) is 6.19. The molecule has 2 rings (SSSR count). The molecule has 2 aliphatic heterocycles. The number of nitrogens with zero attached hydrogens (tertiary/aromatic N) is 1. The Hall–Kier alpha value is -1.27. The van der Waals surface area contributed by atoms with Gasteiger partial charge in [0.1, 0.15) is 5.76 Å². The van der Waals surface area contributed by atoms with Gasteiger partial charge in [-0.25, -0.2) is 0 Å². The van der Waals surface area contributed by atoms with Crippen molar-refractivity contribution in [2.75, 3.05) is 13.2 Å².